The third kappa shape index (κ3) is 5.16. The van der Waals surface area contributed by atoms with Crippen LogP contribution in [0, 0.1) is 21.4 Å². The van der Waals surface area contributed by atoms with Crippen molar-refractivity contribution in [2.45, 2.75) is 6.54 Å². The number of nitro groups is 1. The van der Waals surface area contributed by atoms with Crippen LogP contribution in [-0.2, 0) is 11.3 Å². The fourth-order valence-electron chi connectivity index (χ4n) is 1.99. The number of para-hydroxylation sites is 2. The van der Waals surface area contributed by atoms with Crippen LogP contribution in [-0.4, -0.2) is 10.8 Å². The highest BCUT2D eigenvalue weighted by Crippen LogP contribution is 2.23. The highest BCUT2D eigenvalue weighted by Gasteiger charge is 2.17. The lowest BCUT2D eigenvalue weighted by Crippen LogP contribution is -2.17. The lowest BCUT2D eigenvalue weighted by molar-refractivity contribution is -0.383. The molecule has 0 saturated heterocycles. The number of hydrogen-bond donors (Lipinski definition) is 2. The van der Waals surface area contributed by atoms with Gasteiger partial charge in [-0.2, -0.15) is 5.26 Å². The smallest absolute Gasteiger partial charge is 0.292 e. The second kappa shape index (κ2) is 8.61. The maximum absolute atomic E-state index is 12.1. The van der Waals surface area contributed by atoms with Crippen LogP contribution in [0.25, 0.3) is 0 Å². The Hall–Kier alpha value is -3.18. The van der Waals surface area contributed by atoms with E-state index < -0.39 is 10.8 Å². The van der Waals surface area contributed by atoms with Crippen LogP contribution in [0.15, 0.2) is 64.8 Å². The molecule has 25 heavy (non-hydrogen) atoms. The van der Waals surface area contributed by atoms with Gasteiger partial charge in [0.05, 0.1) is 4.92 Å². The molecule has 0 fully saturated rings. The van der Waals surface area contributed by atoms with Gasteiger partial charge in [0.15, 0.2) is 0 Å². The van der Waals surface area contributed by atoms with Gasteiger partial charge in [-0.05, 0) is 23.8 Å². The molecule has 0 aliphatic heterocycles. The van der Waals surface area contributed by atoms with Gasteiger partial charge < -0.3 is 10.6 Å². The summed E-state index contributed by atoms with van der Waals surface area (Å²) < 4.78 is 0.922. The van der Waals surface area contributed by atoms with E-state index in [1.54, 1.807) is 12.1 Å². The summed E-state index contributed by atoms with van der Waals surface area (Å²) in [7, 11) is 0. The highest BCUT2D eigenvalue weighted by atomic mass is 79.9. The Labute approximate surface area is 152 Å². The number of nitrogens with one attached hydrogen (secondary N) is 2. The Bertz CT molecular complexity index is 874. The third-order valence-electron chi connectivity index (χ3n) is 3.16. The number of anilines is 1. The van der Waals surface area contributed by atoms with Crippen molar-refractivity contribution in [3.63, 3.8) is 0 Å². The van der Waals surface area contributed by atoms with Gasteiger partial charge in [-0.1, -0.05) is 40.2 Å². The van der Waals surface area contributed by atoms with Gasteiger partial charge >= 0.3 is 0 Å². The zero-order valence-corrected chi connectivity index (χ0v) is 14.5. The van der Waals surface area contributed by atoms with Crippen molar-refractivity contribution in [1.82, 2.24) is 5.32 Å². The first-order valence-corrected chi connectivity index (χ1v) is 7.93. The molecule has 0 atom stereocenters. The molecule has 0 spiro atoms. The summed E-state index contributed by atoms with van der Waals surface area (Å²) in [5.41, 5.74) is 0.566. The van der Waals surface area contributed by atoms with E-state index in [1.165, 1.54) is 24.4 Å². The largest absolute Gasteiger partial charge is 0.386 e. The molecule has 2 N–H and O–H groups in total. The van der Waals surface area contributed by atoms with E-state index in [0.29, 0.717) is 6.54 Å². The van der Waals surface area contributed by atoms with Crippen molar-refractivity contribution < 1.29 is 9.72 Å². The molecule has 7 nitrogen and oxygen atoms in total. The van der Waals surface area contributed by atoms with Crippen molar-refractivity contribution in [3.05, 3.63) is 80.5 Å². The topological polar surface area (TPSA) is 108 Å². The van der Waals surface area contributed by atoms with E-state index in [9.17, 15) is 14.9 Å². The minimum atomic E-state index is -0.724. The predicted octanol–water partition coefficient (Wildman–Crippen LogP) is 3.49. The first kappa shape index (κ1) is 18.2. The van der Waals surface area contributed by atoms with Crippen molar-refractivity contribution in [2.24, 2.45) is 0 Å². The van der Waals surface area contributed by atoms with E-state index in [1.807, 2.05) is 24.3 Å². The lowest BCUT2D eigenvalue weighted by Gasteiger charge is -2.06. The van der Waals surface area contributed by atoms with Crippen LogP contribution in [0.2, 0.25) is 0 Å². The molecule has 8 heteroatoms. The molecule has 0 aliphatic rings. The second-order valence-electron chi connectivity index (χ2n) is 4.91. The summed E-state index contributed by atoms with van der Waals surface area (Å²) in [5.74, 6) is -0.724. The Morgan fingerprint density at radius 3 is 2.72 bits per heavy atom. The van der Waals surface area contributed by atoms with Crippen molar-refractivity contribution in [2.75, 3.05) is 5.32 Å². The minimum absolute atomic E-state index is 0.0330. The van der Waals surface area contributed by atoms with Gasteiger partial charge in [0.1, 0.15) is 17.3 Å². The number of benzene rings is 2. The Kier molecular flexibility index (Phi) is 6.26. The molecule has 126 valence electrons. The number of nitro benzene ring substituents is 1. The van der Waals surface area contributed by atoms with E-state index in [2.05, 4.69) is 26.6 Å². The van der Waals surface area contributed by atoms with E-state index in [0.717, 1.165) is 10.0 Å². The number of halogens is 1. The molecule has 0 radical (unpaired) electrons. The second-order valence-corrected chi connectivity index (χ2v) is 5.82. The third-order valence-corrected chi connectivity index (χ3v) is 3.65. The minimum Gasteiger partial charge on any atom is -0.386 e. The van der Waals surface area contributed by atoms with Gasteiger partial charge in [-0.25, -0.2) is 0 Å². The molecule has 0 saturated carbocycles. The van der Waals surface area contributed by atoms with Gasteiger partial charge in [0, 0.05) is 23.3 Å². The van der Waals surface area contributed by atoms with Gasteiger partial charge in [0.2, 0.25) is 0 Å². The van der Waals surface area contributed by atoms with Crippen LogP contribution in [0.3, 0.4) is 0 Å². The summed E-state index contributed by atoms with van der Waals surface area (Å²) in [6, 6.07) is 15.1. The number of nitriles is 1. The van der Waals surface area contributed by atoms with E-state index in [4.69, 9.17) is 5.26 Å². The number of amides is 1. The monoisotopic (exact) mass is 400 g/mol. The average molecular weight is 401 g/mol. The van der Waals surface area contributed by atoms with Crippen molar-refractivity contribution >= 4 is 33.2 Å². The average Bonchev–Trinajstić information content (AvgIpc) is 2.59. The van der Waals surface area contributed by atoms with Crippen LogP contribution in [0.1, 0.15) is 5.56 Å². The van der Waals surface area contributed by atoms with Crippen LogP contribution < -0.4 is 10.6 Å². The fourth-order valence-corrected chi connectivity index (χ4v) is 2.44. The fraction of sp³-hybridized carbons (Fsp3) is 0.0588. The van der Waals surface area contributed by atoms with Gasteiger partial charge in [-0.15, -0.1) is 0 Å². The molecule has 0 aliphatic carbocycles. The first-order chi connectivity index (χ1) is 12.0. The van der Waals surface area contributed by atoms with Gasteiger partial charge in [0.25, 0.3) is 11.6 Å². The lowest BCUT2D eigenvalue weighted by atomic mass is 10.2. The highest BCUT2D eigenvalue weighted by molar-refractivity contribution is 9.10. The molecule has 2 aromatic carbocycles. The quantitative estimate of drug-likeness (QED) is 0.333. The van der Waals surface area contributed by atoms with Crippen LogP contribution >= 0.6 is 15.9 Å². The van der Waals surface area contributed by atoms with Crippen LogP contribution in [0.5, 0.6) is 0 Å². The Morgan fingerprint density at radius 1 is 1.28 bits per heavy atom. The number of hydrogen-bond acceptors (Lipinski definition) is 5. The molecule has 2 aromatic rings. The molecular weight excluding hydrogens is 388 g/mol. The summed E-state index contributed by atoms with van der Waals surface area (Å²) in [6.07, 6.45) is 1.28. The van der Waals surface area contributed by atoms with Crippen molar-refractivity contribution in [3.8, 4) is 6.07 Å². The number of carbonyl (C=O) groups excluding carboxylic acids is 1. The standard InChI is InChI=1S/C17H13BrN4O3/c18-14-5-3-4-12(8-14)10-20-11-13(9-19)17(23)21-15-6-1-2-7-16(15)22(24)25/h1-8,11,20H,10H2,(H,21,23)/b13-11-. The summed E-state index contributed by atoms with van der Waals surface area (Å²) in [5, 5.41) is 25.4. The normalized spacial score (nSPS) is 10.6. The Morgan fingerprint density at radius 2 is 2.04 bits per heavy atom. The van der Waals surface area contributed by atoms with E-state index in [-0.39, 0.29) is 16.9 Å². The maximum Gasteiger partial charge on any atom is 0.292 e. The molecule has 1 amide bonds. The summed E-state index contributed by atoms with van der Waals surface area (Å²) in [6.45, 7) is 0.420. The SMILES string of the molecule is N#C/C(=C/NCc1cccc(Br)c1)C(=O)Nc1ccccc1[N+](=O)[O-]. The predicted molar refractivity (Wildman–Crippen MR) is 96.4 cm³/mol. The maximum atomic E-state index is 12.1. The van der Waals surface area contributed by atoms with Crippen LogP contribution in [0.4, 0.5) is 11.4 Å². The summed E-state index contributed by atoms with van der Waals surface area (Å²) in [4.78, 5) is 22.5. The summed E-state index contributed by atoms with van der Waals surface area (Å²) >= 11 is 3.36. The van der Waals surface area contributed by atoms with E-state index >= 15 is 0 Å². The molecule has 2 rings (SSSR count). The Balaban J connectivity index is 2.06. The molecule has 0 bridgehead atoms. The zero-order valence-electron chi connectivity index (χ0n) is 12.9. The molecular formula is C17H13BrN4O3. The molecule has 0 unspecified atom stereocenters. The zero-order chi connectivity index (χ0) is 18.2. The molecule has 0 heterocycles. The number of nitrogens with zero attached hydrogens (tertiary/aromatic N) is 2. The number of rotatable bonds is 6. The first-order valence-electron chi connectivity index (χ1n) is 7.14. The molecule has 0 aromatic heterocycles. The van der Waals surface area contributed by atoms with Crippen molar-refractivity contribution in [1.29, 1.82) is 5.26 Å². The number of carbonyl (C=O) groups is 1. The van der Waals surface area contributed by atoms with Gasteiger partial charge in [-0.3, -0.25) is 14.9 Å².